The summed E-state index contributed by atoms with van der Waals surface area (Å²) in [5.74, 6) is 0.781. The maximum Gasteiger partial charge on any atom is 0.228 e. The Morgan fingerprint density at radius 3 is 3.00 bits per heavy atom. The van der Waals surface area contributed by atoms with E-state index in [1.54, 1.807) is 7.11 Å². The minimum Gasteiger partial charge on any atom is -0.495 e. The van der Waals surface area contributed by atoms with Crippen LogP contribution in [0.1, 0.15) is 5.56 Å². The molecule has 0 atom stereocenters. The molecule has 1 aliphatic heterocycles. The van der Waals surface area contributed by atoms with Crippen molar-refractivity contribution < 1.29 is 9.53 Å². The number of ether oxygens (including phenoxy) is 1. The summed E-state index contributed by atoms with van der Waals surface area (Å²) in [5.41, 5.74) is 1.85. The van der Waals surface area contributed by atoms with Gasteiger partial charge in [-0.3, -0.25) is 4.79 Å². The summed E-state index contributed by atoms with van der Waals surface area (Å²) in [6.45, 7) is 0. The van der Waals surface area contributed by atoms with Crippen LogP contribution in [-0.4, -0.2) is 13.0 Å². The highest BCUT2D eigenvalue weighted by molar-refractivity contribution is 14.1. The van der Waals surface area contributed by atoms with Gasteiger partial charge >= 0.3 is 0 Å². The summed E-state index contributed by atoms with van der Waals surface area (Å²) >= 11 is 2.21. The van der Waals surface area contributed by atoms with Crippen molar-refractivity contribution in [3.63, 3.8) is 0 Å². The average Bonchev–Trinajstić information content (AvgIpc) is 2.43. The molecule has 0 fully saturated rings. The standard InChI is InChI=1S/C9H8INO2/c1-13-7-4-6(10)2-5-3-8(12)11-9(5)7/h2,4H,3H2,1H3,(H,11,12). The number of anilines is 1. The first-order valence-electron chi connectivity index (χ1n) is 3.87. The Labute approximate surface area is 89.6 Å². The van der Waals surface area contributed by atoms with Crippen LogP contribution in [0.3, 0.4) is 0 Å². The molecule has 68 valence electrons. The molecule has 1 aromatic rings. The molecule has 1 aromatic carbocycles. The van der Waals surface area contributed by atoms with Crippen LogP contribution in [0.25, 0.3) is 0 Å². The van der Waals surface area contributed by atoms with E-state index in [1.165, 1.54) is 0 Å². The first-order valence-corrected chi connectivity index (χ1v) is 4.95. The third-order valence-electron chi connectivity index (χ3n) is 1.98. The summed E-state index contributed by atoms with van der Waals surface area (Å²) in [6, 6.07) is 3.90. The van der Waals surface area contributed by atoms with Gasteiger partial charge in [0.25, 0.3) is 0 Å². The molecule has 3 nitrogen and oxygen atoms in total. The van der Waals surface area contributed by atoms with Crippen LogP contribution in [0, 0.1) is 3.57 Å². The van der Waals surface area contributed by atoms with Gasteiger partial charge in [-0.15, -0.1) is 0 Å². The molecule has 0 spiro atoms. The van der Waals surface area contributed by atoms with Crippen LogP contribution in [0.15, 0.2) is 12.1 Å². The number of amides is 1. The zero-order valence-corrected chi connectivity index (χ0v) is 9.21. The number of carbonyl (C=O) groups excluding carboxylic acids is 1. The highest BCUT2D eigenvalue weighted by Crippen LogP contribution is 2.34. The number of halogens is 1. The molecule has 0 bridgehead atoms. The number of hydrogen-bond acceptors (Lipinski definition) is 2. The van der Waals surface area contributed by atoms with Gasteiger partial charge in [0.05, 0.1) is 19.2 Å². The van der Waals surface area contributed by atoms with E-state index in [2.05, 4.69) is 27.9 Å². The molecule has 0 aliphatic carbocycles. The van der Waals surface area contributed by atoms with Gasteiger partial charge in [0.15, 0.2) is 0 Å². The van der Waals surface area contributed by atoms with Crippen molar-refractivity contribution in [1.29, 1.82) is 0 Å². The predicted molar refractivity (Wildman–Crippen MR) is 58.0 cm³/mol. The van der Waals surface area contributed by atoms with E-state index in [-0.39, 0.29) is 5.91 Å². The molecule has 0 saturated heterocycles. The van der Waals surface area contributed by atoms with Crippen molar-refractivity contribution in [3.05, 3.63) is 21.3 Å². The van der Waals surface area contributed by atoms with Gasteiger partial charge in [-0.1, -0.05) is 0 Å². The number of methoxy groups -OCH3 is 1. The fraction of sp³-hybridized carbons (Fsp3) is 0.222. The van der Waals surface area contributed by atoms with Crippen molar-refractivity contribution in [2.24, 2.45) is 0 Å². The minimum absolute atomic E-state index is 0.0373. The number of rotatable bonds is 1. The molecular weight excluding hydrogens is 281 g/mol. The largest absolute Gasteiger partial charge is 0.495 e. The Morgan fingerprint density at radius 1 is 1.54 bits per heavy atom. The number of benzene rings is 1. The van der Waals surface area contributed by atoms with Crippen molar-refractivity contribution in [3.8, 4) is 5.75 Å². The number of hydrogen-bond donors (Lipinski definition) is 1. The van der Waals surface area contributed by atoms with E-state index in [1.807, 2.05) is 12.1 Å². The molecule has 0 unspecified atom stereocenters. The molecule has 1 amide bonds. The number of carbonyl (C=O) groups is 1. The Hall–Kier alpha value is -0.780. The predicted octanol–water partition coefficient (Wildman–Crippen LogP) is 1.79. The fourth-order valence-electron chi connectivity index (χ4n) is 1.43. The van der Waals surface area contributed by atoms with Crippen LogP contribution < -0.4 is 10.1 Å². The first kappa shape index (κ1) is 8.80. The lowest BCUT2D eigenvalue weighted by molar-refractivity contribution is -0.115. The minimum atomic E-state index is 0.0373. The third kappa shape index (κ3) is 1.50. The van der Waals surface area contributed by atoms with E-state index in [4.69, 9.17) is 4.74 Å². The molecular formula is C9H8INO2. The van der Waals surface area contributed by atoms with Crippen LogP contribution in [0.5, 0.6) is 5.75 Å². The van der Waals surface area contributed by atoms with Crippen LogP contribution in [0.4, 0.5) is 5.69 Å². The highest BCUT2D eigenvalue weighted by Gasteiger charge is 2.21. The second-order valence-corrected chi connectivity index (χ2v) is 4.11. The smallest absolute Gasteiger partial charge is 0.228 e. The van der Waals surface area contributed by atoms with Crippen LogP contribution in [0.2, 0.25) is 0 Å². The summed E-state index contributed by atoms with van der Waals surface area (Å²) < 4.78 is 6.25. The Morgan fingerprint density at radius 2 is 2.31 bits per heavy atom. The Kier molecular flexibility index (Phi) is 2.15. The van der Waals surface area contributed by atoms with Gasteiger partial charge in [0, 0.05) is 3.57 Å². The van der Waals surface area contributed by atoms with Crippen molar-refractivity contribution in [2.45, 2.75) is 6.42 Å². The van der Waals surface area contributed by atoms with E-state index in [9.17, 15) is 4.79 Å². The van der Waals surface area contributed by atoms with Gasteiger partial charge in [0.1, 0.15) is 5.75 Å². The lowest BCUT2D eigenvalue weighted by Gasteiger charge is -2.06. The van der Waals surface area contributed by atoms with Gasteiger partial charge in [-0.05, 0) is 40.3 Å². The molecule has 1 aliphatic rings. The lowest BCUT2D eigenvalue weighted by atomic mass is 10.1. The van der Waals surface area contributed by atoms with E-state index in [0.29, 0.717) is 6.42 Å². The molecule has 2 rings (SSSR count). The Bertz CT molecular complexity index is 376. The zero-order chi connectivity index (χ0) is 9.42. The third-order valence-corrected chi connectivity index (χ3v) is 2.61. The van der Waals surface area contributed by atoms with E-state index in [0.717, 1.165) is 20.6 Å². The quantitative estimate of drug-likeness (QED) is 0.801. The topological polar surface area (TPSA) is 38.3 Å². The summed E-state index contributed by atoms with van der Waals surface area (Å²) in [7, 11) is 1.61. The van der Waals surface area contributed by atoms with Gasteiger partial charge in [0.2, 0.25) is 5.91 Å². The molecule has 1 N–H and O–H groups in total. The maximum absolute atomic E-state index is 11.1. The average molecular weight is 289 g/mol. The number of nitrogens with one attached hydrogen (secondary N) is 1. The Balaban J connectivity index is 2.56. The first-order chi connectivity index (χ1) is 6.20. The molecule has 0 radical (unpaired) electrons. The molecule has 0 aromatic heterocycles. The second-order valence-electron chi connectivity index (χ2n) is 2.87. The molecule has 1 heterocycles. The summed E-state index contributed by atoms with van der Waals surface area (Å²) in [4.78, 5) is 11.1. The SMILES string of the molecule is COc1cc(I)cc2c1NC(=O)C2. The van der Waals surface area contributed by atoms with Crippen molar-refractivity contribution in [1.82, 2.24) is 0 Å². The van der Waals surface area contributed by atoms with Crippen molar-refractivity contribution in [2.75, 3.05) is 12.4 Å². The molecule has 0 saturated carbocycles. The van der Waals surface area contributed by atoms with E-state index >= 15 is 0 Å². The van der Waals surface area contributed by atoms with Crippen LogP contribution >= 0.6 is 22.6 Å². The number of fused-ring (bicyclic) bond motifs is 1. The fourth-order valence-corrected chi connectivity index (χ4v) is 2.09. The zero-order valence-electron chi connectivity index (χ0n) is 7.06. The monoisotopic (exact) mass is 289 g/mol. The summed E-state index contributed by atoms with van der Waals surface area (Å²) in [6.07, 6.45) is 0.461. The summed E-state index contributed by atoms with van der Waals surface area (Å²) in [5, 5.41) is 2.78. The normalized spacial score (nSPS) is 13.8. The van der Waals surface area contributed by atoms with Gasteiger partial charge in [-0.25, -0.2) is 0 Å². The molecule has 13 heavy (non-hydrogen) atoms. The van der Waals surface area contributed by atoms with Gasteiger partial charge < -0.3 is 10.1 Å². The highest BCUT2D eigenvalue weighted by atomic mass is 127. The van der Waals surface area contributed by atoms with Gasteiger partial charge in [-0.2, -0.15) is 0 Å². The lowest BCUT2D eigenvalue weighted by Crippen LogP contribution is -2.04. The van der Waals surface area contributed by atoms with E-state index < -0.39 is 0 Å². The molecule has 4 heteroatoms. The second kappa shape index (κ2) is 3.17. The van der Waals surface area contributed by atoms with Crippen molar-refractivity contribution >= 4 is 34.2 Å². The van der Waals surface area contributed by atoms with Crippen LogP contribution in [-0.2, 0) is 11.2 Å². The maximum atomic E-state index is 11.1.